The Bertz CT molecular complexity index is 477. The molecule has 0 atom stereocenters. The molecule has 106 valence electrons. The van der Waals surface area contributed by atoms with E-state index in [-0.39, 0.29) is 36.0 Å². The van der Waals surface area contributed by atoms with Gasteiger partial charge in [-0.25, -0.2) is 0 Å². The van der Waals surface area contributed by atoms with E-state index in [1.165, 1.54) is 24.3 Å². The summed E-state index contributed by atoms with van der Waals surface area (Å²) in [6.45, 7) is 3.42. The highest BCUT2D eigenvalue weighted by Gasteiger charge is 2.13. The van der Waals surface area contributed by atoms with Crippen molar-refractivity contribution in [3.63, 3.8) is 0 Å². The van der Waals surface area contributed by atoms with Gasteiger partial charge in [-0.2, -0.15) is 0 Å². The van der Waals surface area contributed by atoms with Crippen LogP contribution in [-0.2, 0) is 9.59 Å². The van der Waals surface area contributed by atoms with Gasteiger partial charge in [-0.1, -0.05) is 38.1 Å². The first-order chi connectivity index (χ1) is 9.47. The van der Waals surface area contributed by atoms with Crippen molar-refractivity contribution in [1.82, 2.24) is 0 Å². The Hall–Kier alpha value is -2.10. The van der Waals surface area contributed by atoms with E-state index in [9.17, 15) is 19.2 Å². The molecule has 20 heavy (non-hydrogen) atoms. The standard InChI is InChI=1S/C16H18O4/c1-3-13(17)9-15(19)11-5-7-12(8-6-11)16(20)10-14(18)4-2/h5-8H,3-4,9-10H2,1-2H3. The third-order valence-electron chi connectivity index (χ3n) is 3.03. The van der Waals surface area contributed by atoms with Crippen molar-refractivity contribution in [3.05, 3.63) is 35.4 Å². The molecule has 0 saturated heterocycles. The van der Waals surface area contributed by atoms with Crippen LogP contribution in [0.3, 0.4) is 0 Å². The fraction of sp³-hybridized carbons (Fsp3) is 0.375. The molecule has 1 rings (SSSR count). The number of carbonyl (C=O) groups is 4. The van der Waals surface area contributed by atoms with Crippen LogP contribution >= 0.6 is 0 Å². The molecule has 0 bridgehead atoms. The molecule has 0 saturated carbocycles. The molecule has 0 fully saturated rings. The third kappa shape index (κ3) is 4.53. The zero-order chi connectivity index (χ0) is 15.1. The largest absolute Gasteiger partial charge is 0.299 e. The highest BCUT2D eigenvalue weighted by atomic mass is 16.2. The molecule has 0 amide bonds. The number of rotatable bonds is 8. The van der Waals surface area contributed by atoms with E-state index in [1.54, 1.807) is 13.8 Å². The van der Waals surface area contributed by atoms with Crippen LogP contribution in [0.4, 0.5) is 0 Å². The van der Waals surface area contributed by atoms with Crippen molar-refractivity contribution in [1.29, 1.82) is 0 Å². The van der Waals surface area contributed by atoms with Gasteiger partial charge < -0.3 is 0 Å². The van der Waals surface area contributed by atoms with Gasteiger partial charge in [0.05, 0.1) is 12.8 Å². The molecule has 0 aliphatic heterocycles. The Morgan fingerprint density at radius 3 is 1.25 bits per heavy atom. The van der Waals surface area contributed by atoms with Gasteiger partial charge in [0, 0.05) is 24.0 Å². The lowest BCUT2D eigenvalue weighted by atomic mass is 10.00. The lowest BCUT2D eigenvalue weighted by Gasteiger charge is -2.02. The van der Waals surface area contributed by atoms with Crippen LogP contribution in [0.15, 0.2) is 24.3 Å². The van der Waals surface area contributed by atoms with Crippen molar-refractivity contribution in [2.75, 3.05) is 0 Å². The Morgan fingerprint density at radius 1 is 0.700 bits per heavy atom. The molecule has 1 aromatic rings. The smallest absolute Gasteiger partial charge is 0.170 e. The van der Waals surface area contributed by atoms with Crippen molar-refractivity contribution in [2.45, 2.75) is 39.5 Å². The lowest BCUT2D eigenvalue weighted by Crippen LogP contribution is -2.09. The molecule has 4 heteroatoms. The van der Waals surface area contributed by atoms with E-state index >= 15 is 0 Å². The van der Waals surface area contributed by atoms with Crippen LogP contribution in [0.5, 0.6) is 0 Å². The van der Waals surface area contributed by atoms with E-state index in [2.05, 4.69) is 0 Å². The lowest BCUT2D eigenvalue weighted by molar-refractivity contribution is -0.118. The summed E-state index contributed by atoms with van der Waals surface area (Å²) in [5, 5.41) is 0. The van der Waals surface area contributed by atoms with Crippen LogP contribution in [0, 0.1) is 0 Å². The molecule has 1 aromatic carbocycles. The average molecular weight is 274 g/mol. The van der Waals surface area contributed by atoms with Crippen molar-refractivity contribution < 1.29 is 19.2 Å². The van der Waals surface area contributed by atoms with Gasteiger partial charge >= 0.3 is 0 Å². The highest BCUT2D eigenvalue weighted by molar-refractivity contribution is 6.10. The summed E-state index contributed by atoms with van der Waals surface area (Å²) < 4.78 is 0. The SMILES string of the molecule is CCC(=O)CC(=O)c1ccc(C(=O)CC(=O)CC)cc1. The predicted octanol–water partition coefficient (Wildman–Crippen LogP) is 2.79. The summed E-state index contributed by atoms with van der Waals surface area (Å²) in [6, 6.07) is 6.09. The molecule has 0 aromatic heterocycles. The van der Waals surface area contributed by atoms with E-state index in [0.29, 0.717) is 24.0 Å². The molecule has 0 aliphatic rings. The Kier molecular flexibility index (Phi) is 5.97. The van der Waals surface area contributed by atoms with Crippen molar-refractivity contribution in [2.24, 2.45) is 0 Å². The third-order valence-corrected chi connectivity index (χ3v) is 3.03. The monoisotopic (exact) mass is 274 g/mol. The maximum atomic E-state index is 11.8. The zero-order valence-corrected chi connectivity index (χ0v) is 11.8. The molecule has 0 radical (unpaired) electrons. The summed E-state index contributed by atoms with van der Waals surface area (Å²) in [4.78, 5) is 45.9. The van der Waals surface area contributed by atoms with Gasteiger partial charge in [0.15, 0.2) is 11.6 Å². The Morgan fingerprint density at radius 2 is 1.00 bits per heavy atom. The maximum Gasteiger partial charge on any atom is 0.170 e. The van der Waals surface area contributed by atoms with Crippen LogP contribution in [-0.4, -0.2) is 23.1 Å². The number of benzene rings is 1. The second-order valence-electron chi connectivity index (χ2n) is 4.56. The number of Topliss-reactive ketones (excluding diaryl/α,β-unsaturated/α-hetero) is 4. The minimum atomic E-state index is -0.250. The molecule has 0 aliphatic carbocycles. The summed E-state index contributed by atoms with van der Waals surface area (Å²) in [5.41, 5.74) is 0.815. The first kappa shape index (κ1) is 16.0. The maximum absolute atomic E-state index is 11.8. The van der Waals surface area contributed by atoms with Gasteiger partial charge in [-0.05, 0) is 0 Å². The Labute approximate surface area is 118 Å². The second kappa shape index (κ2) is 7.48. The molecular formula is C16H18O4. The highest BCUT2D eigenvalue weighted by Crippen LogP contribution is 2.10. The van der Waals surface area contributed by atoms with E-state index < -0.39 is 0 Å². The van der Waals surface area contributed by atoms with Crippen LogP contribution in [0.25, 0.3) is 0 Å². The van der Waals surface area contributed by atoms with E-state index in [1.807, 2.05) is 0 Å². The Balaban J connectivity index is 2.73. The summed E-state index contributed by atoms with van der Waals surface area (Å²) in [6.07, 6.45) is 0.444. The minimum absolute atomic E-state index is 0.108. The normalized spacial score (nSPS) is 10.1. The van der Waals surface area contributed by atoms with Gasteiger partial charge in [0.1, 0.15) is 11.6 Å². The van der Waals surface area contributed by atoms with Gasteiger partial charge in [0.2, 0.25) is 0 Å². The van der Waals surface area contributed by atoms with Crippen LogP contribution in [0.1, 0.15) is 60.2 Å². The molecule has 0 heterocycles. The van der Waals surface area contributed by atoms with Crippen LogP contribution < -0.4 is 0 Å². The molecule has 0 unspecified atom stereocenters. The van der Waals surface area contributed by atoms with Crippen molar-refractivity contribution in [3.8, 4) is 0 Å². The molecule has 0 N–H and O–H groups in total. The number of hydrogen-bond donors (Lipinski definition) is 0. The van der Waals surface area contributed by atoms with E-state index in [4.69, 9.17) is 0 Å². The minimum Gasteiger partial charge on any atom is -0.299 e. The fourth-order valence-corrected chi connectivity index (χ4v) is 1.65. The quantitative estimate of drug-likeness (QED) is 0.540. The number of hydrogen-bond acceptors (Lipinski definition) is 4. The first-order valence-electron chi connectivity index (χ1n) is 6.67. The average Bonchev–Trinajstić information content (AvgIpc) is 2.46. The zero-order valence-electron chi connectivity index (χ0n) is 11.8. The van der Waals surface area contributed by atoms with Crippen molar-refractivity contribution >= 4 is 23.1 Å². The molecule has 4 nitrogen and oxygen atoms in total. The summed E-state index contributed by atoms with van der Waals surface area (Å²) >= 11 is 0. The molecule has 0 spiro atoms. The van der Waals surface area contributed by atoms with E-state index in [0.717, 1.165) is 0 Å². The topological polar surface area (TPSA) is 68.3 Å². The summed E-state index contributed by atoms with van der Waals surface area (Å²) in [7, 11) is 0. The van der Waals surface area contributed by atoms with Gasteiger partial charge in [-0.3, -0.25) is 19.2 Å². The fourth-order valence-electron chi connectivity index (χ4n) is 1.65. The number of ketones is 4. The van der Waals surface area contributed by atoms with Crippen LogP contribution in [0.2, 0.25) is 0 Å². The predicted molar refractivity (Wildman–Crippen MR) is 74.9 cm³/mol. The second-order valence-corrected chi connectivity index (χ2v) is 4.56. The summed E-state index contributed by atoms with van der Waals surface area (Å²) in [5.74, 6) is -0.714. The van der Waals surface area contributed by atoms with Gasteiger partial charge in [0.25, 0.3) is 0 Å². The number of carbonyl (C=O) groups excluding carboxylic acids is 4. The first-order valence-corrected chi connectivity index (χ1v) is 6.67. The van der Waals surface area contributed by atoms with Gasteiger partial charge in [-0.15, -0.1) is 0 Å². The molecular weight excluding hydrogens is 256 g/mol.